The summed E-state index contributed by atoms with van der Waals surface area (Å²) in [5.74, 6) is 1.88. The lowest BCUT2D eigenvalue weighted by Gasteiger charge is -2.16. The van der Waals surface area contributed by atoms with Gasteiger partial charge in [-0.05, 0) is 55.8 Å². The van der Waals surface area contributed by atoms with Gasteiger partial charge in [0.25, 0.3) is 0 Å². The number of nitrogens with one attached hydrogen (secondary N) is 2. The Bertz CT molecular complexity index is 1260. The number of nitrogens with two attached hydrogens (primary N) is 1. The number of hydrogen-bond donors (Lipinski definition) is 3. The predicted octanol–water partition coefficient (Wildman–Crippen LogP) is 4.25. The minimum atomic E-state index is -0.439. The zero-order valence-electron chi connectivity index (χ0n) is 17.3. The van der Waals surface area contributed by atoms with E-state index in [1.54, 1.807) is 17.4 Å². The van der Waals surface area contributed by atoms with Gasteiger partial charge in [-0.1, -0.05) is 12.1 Å². The van der Waals surface area contributed by atoms with Crippen molar-refractivity contribution in [3.63, 3.8) is 0 Å². The molecule has 1 aliphatic heterocycles. The Kier molecular flexibility index (Phi) is 5.07. The van der Waals surface area contributed by atoms with E-state index in [0.29, 0.717) is 11.5 Å². The third kappa shape index (κ3) is 3.63. The van der Waals surface area contributed by atoms with Crippen LogP contribution in [0.2, 0.25) is 0 Å². The first-order chi connectivity index (χ1) is 15.1. The van der Waals surface area contributed by atoms with Crippen LogP contribution in [0.1, 0.15) is 39.3 Å². The molecule has 1 amide bonds. The van der Waals surface area contributed by atoms with Crippen LogP contribution in [0.15, 0.2) is 41.8 Å². The largest absolute Gasteiger partial charge is 0.370 e. The normalized spacial score (nSPS) is 13.5. The van der Waals surface area contributed by atoms with E-state index in [9.17, 15) is 4.79 Å². The quantitative estimate of drug-likeness (QED) is 0.438. The fraction of sp³-hybridized carbons (Fsp3) is 0.261. The molecule has 1 aliphatic rings. The maximum absolute atomic E-state index is 11.9. The number of hydrogen-bond acceptors (Lipinski definition) is 6. The van der Waals surface area contributed by atoms with Crippen molar-refractivity contribution in [3.05, 3.63) is 63.5 Å². The van der Waals surface area contributed by atoms with E-state index in [4.69, 9.17) is 15.7 Å². The predicted molar refractivity (Wildman–Crippen MR) is 125 cm³/mol. The molecule has 0 fully saturated rings. The van der Waals surface area contributed by atoms with Gasteiger partial charge in [-0.25, -0.2) is 0 Å². The van der Waals surface area contributed by atoms with Crippen molar-refractivity contribution >= 4 is 39.8 Å². The van der Waals surface area contributed by atoms with E-state index >= 15 is 0 Å². The number of benzene rings is 1. The Labute approximate surface area is 184 Å². The van der Waals surface area contributed by atoms with Crippen molar-refractivity contribution in [1.82, 2.24) is 14.5 Å². The van der Waals surface area contributed by atoms with Gasteiger partial charge < -0.3 is 16.4 Å². The number of fused-ring (bicyclic) bond motifs is 2. The summed E-state index contributed by atoms with van der Waals surface area (Å²) in [4.78, 5) is 23.0. The Morgan fingerprint density at radius 3 is 2.97 bits per heavy atom. The summed E-state index contributed by atoms with van der Waals surface area (Å²) in [6.45, 7) is 3.61. The highest BCUT2D eigenvalue weighted by Crippen LogP contribution is 2.31. The molecule has 3 aromatic heterocycles. The molecule has 0 saturated carbocycles. The lowest BCUT2D eigenvalue weighted by atomic mass is 10.1. The molecule has 158 valence electrons. The van der Waals surface area contributed by atoms with Gasteiger partial charge in [-0.15, -0.1) is 11.3 Å². The maximum Gasteiger partial charge on any atom is 0.249 e. The summed E-state index contributed by atoms with van der Waals surface area (Å²) in [6.07, 6.45) is 3.14. The Morgan fingerprint density at radius 1 is 1.26 bits per heavy atom. The van der Waals surface area contributed by atoms with E-state index < -0.39 is 5.91 Å². The lowest BCUT2D eigenvalue weighted by molar-refractivity contribution is 0.100. The third-order valence-electron chi connectivity index (χ3n) is 5.65. The van der Waals surface area contributed by atoms with Crippen molar-refractivity contribution in [2.75, 3.05) is 17.2 Å². The molecule has 0 spiro atoms. The van der Waals surface area contributed by atoms with Crippen LogP contribution in [0.3, 0.4) is 0 Å². The molecule has 0 unspecified atom stereocenters. The molecule has 7 nitrogen and oxygen atoms in total. The molecule has 4 aromatic rings. The van der Waals surface area contributed by atoms with Gasteiger partial charge in [-0.2, -0.15) is 9.97 Å². The first kappa shape index (κ1) is 19.6. The molecule has 8 heteroatoms. The van der Waals surface area contributed by atoms with Gasteiger partial charge in [0.1, 0.15) is 11.6 Å². The highest BCUT2D eigenvalue weighted by Gasteiger charge is 2.20. The second-order valence-corrected chi connectivity index (χ2v) is 8.77. The second kappa shape index (κ2) is 8.03. The average Bonchev–Trinajstić information content (AvgIpc) is 3.32. The summed E-state index contributed by atoms with van der Waals surface area (Å²) in [5.41, 5.74) is 9.04. The molecule has 4 N–H and O–H groups in total. The van der Waals surface area contributed by atoms with Crippen molar-refractivity contribution < 1.29 is 4.79 Å². The molecule has 5 rings (SSSR count). The van der Waals surface area contributed by atoms with Crippen LogP contribution in [0.4, 0.5) is 11.6 Å². The van der Waals surface area contributed by atoms with E-state index in [0.717, 1.165) is 66.1 Å². The van der Waals surface area contributed by atoms with Crippen LogP contribution in [0.5, 0.6) is 0 Å². The number of amides is 1. The molecule has 0 atom stereocenters. The number of rotatable bonds is 5. The standard InChI is InChI=1S/C23H24N6OS/c1-14-12-18-16(20(24)30)8-4-9-19(18)29(14)23-27-21-17(7-2-3-10-25-21)22(28-23)26-13-15-6-5-11-31-15/h4-6,8-9,11-12H,2-3,7,10,13H2,1H3,(H2,24,30)(H2,25,26,27,28). The summed E-state index contributed by atoms with van der Waals surface area (Å²) < 4.78 is 1.99. The summed E-state index contributed by atoms with van der Waals surface area (Å²) in [6, 6.07) is 11.7. The van der Waals surface area contributed by atoms with Crippen LogP contribution >= 0.6 is 11.3 Å². The number of nitrogens with zero attached hydrogens (tertiary/aromatic N) is 3. The zero-order chi connectivity index (χ0) is 21.4. The number of anilines is 2. The Morgan fingerprint density at radius 2 is 2.16 bits per heavy atom. The summed E-state index contributed by atoms with van der Waals surface area (Å²) >= 11 is 1.72. The SMILES string of the molecule is Cc1cc2c(C(N)=O)cccc2n1-c1nc2c(c(NCc3cccs3)n1)CCCCN2. The van der Waals surface area contributed by atoms with E-state index in [1.165, 1.54) is 4.88 Å². The molecule has 4 heterocycles. The highest BCUT2D eigenvalue weighted by molar-refractivity contribution is 7.09. The number of carbonyl (C=O) groups excluding carboxylic acids is 1. The van der Waals surface area contributed by atoms with Gasteiger partial charge in [0, 0.05) is 33.6 Å². The van der Waals surface area contributed by atoms with Crippen LogP contribution in [-0.2, 0) is 13.0 Å². The van der Waals surface area contributed by atoms with E-state index in [2.05, 4.69) is 28.1 Å². The van der Waals surface area contributed by atoms with Crippen molar-refractivity contribution in [3.8, 4) is 5.95 Å². The van der Waals surface area contributed by atoms with E-state index in [1.807, 2.05) is 29.7 Å². The molecule has 0 bridgehead atoms. The topological polar surface area (TPSA) is 97.9 Å². The molecular weight excluding hydrogens is 408 g/mol. The minimum absolute atomic E-state index is 0.439. The van der Waals surface area contributed by atoms with Gasteiger partial charge in [0.15, 0.2) is 0 Å². The van der Waals surface area contributed by atoms with Crippen LogP contribution in [0.25, 0.3) is 16.9 Å². The molecule has 0 saturated heterocycles. The number of thiophene rings is 1. The monoisotopic (exact) mass is 432 g/mol. The first-order valence-electron chi connectivity index (χ1n) is 10.4. The van der Waals surface area contributed by atoms with Gasteiger partial charge in [0.05, 0.1) is 12.1 Å². The smallest absolute Gasteiger partial charge is 0.249 e. The van der Waals surface area contributed by atoms with Crippen molar-refractivity contribution in [2.45, 2.75) is 32.7 Å². The number of primary amides is 1. The number of carbonyl (C=O) groups is 1. The molecule has 0 radical (unpaired) electrons. The van der Waals surface area contributed by atoms with Crippen LogP contribution in [0, 0.1) is 6.92 Å². The number of aromatic nitrogens is 3. The van der Waals surface area contributed by atoms with Crippen LogP contribution in [-0.4, -0.2) is 27.0 Å². The average molecular weight is 433 g/mol. The zero-order valence-corrected chi connectivity index (χ0v) is 18.1. The van der Waals surface area contributed by atoms with E-state index in [-0.39, 0.29) is 0 Å². The van der Waals surface area contributed by atoms with Gasteiger partial charge in [0.2, 0.25) is 11.9 Å². The summed E-state index contributed by atoms with van der Waals surface area (Å²) in [5, 5.41) is 9.91. The Balaban J connectivity index is 1.65. The lowest BCUT2D eigenvalue weighted by Crippen LogP contribution is -2.13. The fourth-order valence-electron chi connectivity index (χ4n) is 4.16. The molecule has 0 aliphatic carbocycles. The molecule has 31 heavy (non-hydrogen) atoms. The fourth-order valence-corrected chi connectivity index (χ4v) is 4.81. The van der Waals surface area contributed by atoms with Crippen molar-refractivity contribution in [1.29, 1.82) is 0 Å². The Hall–Kier alpha value is -3.39. The second-order valence-electron chi connectivity index (χ2n) is 7.74. The third-order valence-corrected chi connectivity index (χ3v) is 6.52. The first-order valence-corrected chi connectivity index (χ1v) is 11.3. The molecule has 1 aromatic carbocycles. The highest BCUT2D eigenvalue weighted by atomic mass is 32.1. The van der Waals surface area contributed by atoms with Crippen LogP contribution < -0.4 is 16.4 Å². The maximum atomic E-state index is 11.9. The van der Waals surface area contributed by atoms with Gasteiger partial charge in [-0.3, -0.25) is 9.36 Å². The molecular formula is C23H24N6OS. The summed E-state index contributed by atoms with van der Waals surface area (Å²) in [7, 11) is 0. The van der Waals surface area contributed by atoms with Gasteiger partial charge >= 0.3 is 0 Å². The minimum Gasteiger partial charge on any atom is -0.370 e. The number of aryl methyl sites for hydroxylation is 1. The van der Waals surface area contributed by atoms with Crippen molar-refractivity contribution in [2.24, 2.45) is 5.73 Å².